The Bertz CT molecular complexity index is 858. The van der Waals surface area contributed by atoms with E-state index in [1.807, 2.05) is 24.3 Å². The quantitative estimate of drug-likeness (QED) is 0.708. The van der Waals surface area contributed by atoms with Crippen LogP contribution in [0.25, 0.3) is 0 Å². The molecule has 4 rings (SSSR count). The summed E-state index contributed by atoms with van der Waals surface area (Å²) in [6, 6.07) is 12.1. The highest BCUT2D eigenvalue weighted by atomic mass is 35.5. The van der Waals surface area contributed by atoms with Gasteiger partial charge in [0.1, 0.15) is 12.4 Å². The number of ether oxygens (including phenoxy) is 1. The molecule has 0 amide bonds. The molecule has 0 aromatic heterocycles. The number of carbonyl (C=O) groups is 1. The SMILES string of the molecule is O=C(O)C1CCN(C2CCc3cc(OCc4c(Cl)cccc4Cl)ccc32)CC1. The number of benzene rings is 2. The van der Waals surface area contributed by atoms with Crippen LogP contribution in [0, 0.1) is 5.92 Å². The average molecular weight is 420 g/mol. The molecule has 0 bridgehead atoms. The van der Waals surface area contributed by atoms with Crippen LogP contribution < -0.4 is 4.74 Å². The Morgan fingerprint density at radius 3 is 2.50 bits per heavy atom. The highest BCUT2D eigenvalue weighted by Crippen LogP contribution is 2.39. The van der Waals surface area contributed by atoms with Gasteiger partial charge >= 0.3 is 5.97 Å². The summed E-state index contributed by atoms with van der Waals surface area (Å²) < 4.78 is 5.95. The van der Waals surface area contributed by atoms with Gasteiger partial charge in [0.05, 0.1) is 5.92 Å². The topological polar surface area (TPSA) is 49.8 Å². The van der Waals surface area contributed by atoms with E-state index in [1.165, 1.54) is 11.1 Å². The van der Waals surface area contributed by atoms with Crippen LogP contribution in [0.1, 0.15) is 42.0 Å². The van der Waals surface area contributed by atoms with Gasteiger partial charge in [-0.1, -0.05) is 35.3 Å². The van der Waals surface area contributed by atoms with E-state index in [4.69, 9.17) is 27.9 Å². The number of nitrogens with zero attached hydrogens (tertiary/aromatic N) is 1. The fourth-order valence-corrected chi connectivity index (χ4v) is 4.83. The van der Waals surface area contributed by atoms with Gasteiger partial charge in [0.2, 0.25) is 0 Å². The van der Waals surface area contributed by atoms with Crippen molar-refractivity contribution in [1.29, 1.82) is 0 Å². The third-order valence-electron chi connectivity index (χ3n) is 5.92. The number of aliphatic carboxylic acids is 1. The van der Waals surface area contributed by atoms with Crippen LogP contribution in [-0.4, -0.2) is 29.1 Å². The van der Waals surface area contributed by atoms with Gasteiger partial charge in [0.25, 0.3) is 0 Å². The van der Waals surface area contributed by atoms with E-state index in [1.54, 1.807) is 0 Å². The number of hydrogen-bond acceptors (Lipinski definition) is 3. The maximum atomic E-state index is 11.2. The predicted octanol–water partition coefficient (Wildman–Crippen LogP) is 5.36. The largest absolute Gasteiger partial charge is 0.489 e. The van der Waals surface area contributed by atoms with Crippen molar-refractivity contribution in [3.63, 3.8) is 0 Å². The van der Waals surface area contributed by atoms with Crippen molar-refractivity contribution < 1.29 is 14.6 Å². The summed E-state index contributed by atoms with van der Waals surface area (Å²) in [6.45, 7) is 2.04. The minimum absolute atomic E-state index is 0.190. The molecule has 1 heterocycles. The number of fused-ring (bicyclic) bond motifs is 1. The summed E-state index contributed by atoms with van der Waals surface area (Å²) >= 11 is 12.4. The lowest BCUT2D eigenvalue weighted by molar-refractivity contribution is -0.143. The molecule has 1 saturated heterocycles. The van der Waals surface area contributed by atoms with Gasteiger partial charge in [-0.15, -0.1) is 0 Å². The summed E-state index contributed by atoms with van der Waals surface area (Å²) in [7, 11) is 0. The summed E-state index contributed by atoms with van der Waals surface area (Å²) in [6.07, 6.45) is 3.57. The predicted molar refractivity (Wildman–Crippen MR) is 110 cm³/mol. The molecule has 1 aliphatic carbocycles. The number of piperidine rings is 1. The fraction of sp³-hybridized carbons (Fsp3) is 0.409. The van der Waals surface area contributed by atoms with E-state index in [9.17, 15) is 9.90 Å². The van der Waals surface area contributed by atoms with Crippen molar-refractivity contribution in [2.75, 3.05) is 13.1 Å². The monoisotopic (exact) mass is 419 g/mol. The summed E-state index contributed by atoms with van der Waals surface area (Å²) in [5.41, 5.74) is 3.45. The van der Waals surface area contributed by atoms with Crippen LogP contribution in [0.2, 0.25) is 10.0 Å². The zero-order chi connectivity index (χ0) is 19.7. The zero-order valence-corrected chi connectivity index (χ0v) is 17.0. The first-order valence-corrected chi connectivity index (χ1v) is 10.4. The summed E-state index contributed by atoms with van der Waals surface area (Å²) in [4.78, 5) is 13.6. The summed E-state index contributed by atoms with van der Waals surface area (Å²) in [5, 5.41) is 10.4. The van der Waals surface area contributed by atoms with E-state index >= 15 is 0 Å². The van der Waals surface area contributed by atoms with Crippen LogP contribution in [0.4, 0.5) is 0 Å². The number of rotatable bonds is 5. The second kappa shape index (κ2) is 8.32. The Kier molecular flexibility index (Phi) is 5.81. The standard InChI is InChI=1S/C22H23Cl2NO3/c23-19-2-1-3-20(24)18(19)13-28-16-5-6-17-15(12-16)4-7-21(17)25-10-8-14(9-11-25)22(26)27/h1-3,5-6,12,14,21H,4,7-11,13H2,(H,26,27). The van der Waals surface area contributed by atoms with E-state index < -0.39 is 5.97 Å². The minimum atomic E-state index is -0.660. The van der Waals surface area contributed by atoms with E-state index in [0.717, 1.165) is 50.1 Å². The molecule has 28 heavy (non-hydrogen) atoms. The first kappa shape index (κ1) is 19.6. The molecule has 2 aliphatic rings. The van der Waals surface area contributed by atoms with Crippen molar-refractivity contribution in [2.24, 2.45) is 5.92 Å². The third kappa shape index (κ3) is 4.00. The second-order valence-corrected chi connectivity index (χ2v) is 8.37. The molecule has 1 N–H and O–H groups in total. The van der Waals surface area contributed by atoms with Crippen LogP contribution in [-0.2, 0) is 17.8 Å². The van der Waals surface area contributed by atoms with Crippen molar-refractivity contribution >= 4 is 29.2 Å². The molecule has 1 unspecified atom stereocenters. The van der Waals surface area contributed by atoms with Crippen molar-refractivity contribution in [3.8, 4) is 5.75 Å². The van der Waals surface area contributed by atoms with Crippen LogP contribution in [0.15, 0.2) is 36.4 Å². The number of likely N-dealkylation sites (tertiary alicyclic amines) is 1. The minimum Gasteiger partial charge on any atom is -0.489 e. The molecule has 1 atom stereocenters. The first-order valence-electron chi connectivity index (χ1n) is 9.68. The average Bonchev–Trinajstić information content (AvgIpc) is 3.11. The smallest absolute Gasteiger partial charge is 0.306 e. The Balaban J connectivity index is 1.42. The third-order valence-corrected chi connectivity index (χ3v) is 6.63. The van der Waals surface area contributed by atoms with Gasteiger partial charge in [0.15, 0.2) is 0 Å². The zero-order valence-electron chi connectivity index (χ0n) is 15.5. The molecule has 2 aromatic carbocycles. The molecule has 0 radical (unpaired) electrons. The number of carboxylic acids is 1. The van der Waals surface area contributed by atoms with Crippen molar-refractivity contribution in [1.82, 2.24) is 4.90 Å². The lowest BCUT2D eigenvalue weighted by Gasteiger charge is -2.35. The maximum Gasteiger partial charge on any atom is 0.306 e. The number of halogens is 2. The molecule has 148 valence electrons. The molecular formula is C22H23Cl2NO3. The Hall–Kier alpha value is -1.75. The van der Waals surface area contributed by atoms with Gasteiger partial charge in [0, 0.05) is 21.7 Å². The second-order valence-electron chi connectivity index (χ2n) is 7.55. The Morgan fingerprint density at radius 1 is 1.11 bits per heavy atom. The highest BCUT2D eigenvalue weighted by Gasteiger charge is 2.32. The Labute approximate surface area is 175 Å². The molecule has 0 spiro atoms. The van der Waals surface area contributed by atoms with Crippen molar-refractivity contribution in [2.45, 2.75) is 38.3 Å². The molecule has 4 nitrogen and oxygen atoms in total. The van der Waals surface area contributed by atoms with E-state index in [0.29, 0.717) is 22.7 Å². The Morgan fingerprint density at radius 2 is 1.82 bits per heavy atom. The van der Waals surface area contributed by atoms with Crippen LogP contribution >= 0.6 is 23.2 Å². The van der Waals surface area contributed by atoms with Gasteiger partial charge in [-0.25, -0.2) is 0 Å². The molecule has 1 aliphatic heterocycles. The van der Waals surface area contributed by atoms with E-state index in [-0.39, 0.29) is 5.92 Å². The highest BCUT2D eigenvalue weighted by molar-refractivity contribution is 6.35. The molecule has 0 saturated carbocycles. The van der Waals surface area contributed by atoms with Crippen LogP contribution in [0.3, 0.4) is 0 Å². The van der Waals surface area contributed by atoms with Crippen LogP contribution in [0.5, 0.6) is 5.75 Å². The molecular weight excluding hydrogens is 397 g/mol. The van der Waals surface area contributed by atoms with Gasteiger partial charge in [-0.3, -0.25) is 9.69 Å². The van der Waals surface area contributed by atoms with Gasteiger partial charge in [-0.2, -0.15) is 0 Å². The lowest BCUT2D eigenvalue weighted by atomic mass is 9.95. The number of aryl methyl sites for hydroxylation is 1. The molecule has 1 fully saturated rings. The lowest BCUT2D eigenvalue weighted by Crippen LogP contribution is -2.38. The van der Waals surface area contributed by atoms with Gasteiger partial charge in [-0.05, 0) is 74.2 Å². The molecule has 2 aromatic rings. The van der Waals surface area contributed by atoms with Crippen molar-refractivity contribution in [3.05, 3.63) is 63.1 Å². The maximum absolute atomic E-state index is 11.2. The summed E-state index contributed by atoms with van der Waals surface area (Å²) in [5.74, 6) is -0.0311. The fourth-order valence-electron chi connectivity index (χ4n) is 4.32. The number of carboxylic acid groups (broad SMARTS) is 1. The number of hydrogen-bond donors (Lipinski definition) is 1. The van der Waals surface area contributed by atoms with E-state index in [2.05, 4.69) is 17.0 Å². The molecule has 6 heteroatoms. The first-order chi connectivity index (χ1) is 13.5. The van der Waals surface area contributed by atoms with Gasteiger partial charge < -0.3 is 9.84 Å². The normalized spacial score (nSPS) is 20.1.